The number of nitriles is 1. The topological polar surface area (TPSA) is 64.3 Å². The van der Waals surface area contributed by atoms with Crippen LogP contribution in [0.1, 0.15) is 18.4 Å². The number of halogens is 1. The van der Waals surface area contributed by atoms with E-state index in [-0.39, 0.29) is 0 Å². The Kier molecular flexibility index (Phi) is 3.81. The van der Waals surface area contributed by atoms with Crippen molar-refractivity contribution in [2.75, 3.05) is 18.0 Å². The highest BCUT2D eigenvalue weighted by atomic mass is 79.9. The van der Waals surface area contributed by atoms with Crippen molar-refractivity contribution >= 4 is 27.6 Å². The molecule has 1 aliphatic heterocycles. The molecule has 1 aromatic carbocycles. The van der Waals surface area contributed by atoms with Crippen LogP contribution >= 0.6 is 15.9 Å². The molecule has 5 heteroatoms. The molecule has 0 bridgehead atoms. The van der Waals surface area contributed by atoms with Gasteiger partial charge in [-0.3, -0.25) is 4.79 Å². The fourth-order valence-corrected chi connectivity index (χ4v) is 2.59. The molecule has 0 saturated carbocycles. The van der Waals surface area contributed by atoms with Crippen LogP contribution in [0.4, 0.5) is 5.69 Å². The lowest BCUT2D eigenvalue weighted by Gasteiger charge is -2.36. The van der Waals surface area contributed by atoms with E-state index in [9.17, 15) is 9.90 Å². The second kappa shape index (κ2) is 5.22. The summed E-state index contributed by atoms with van der Waals surface area (Å²) < 4.78 is 1.06. The highest BCUT2D eigenvalue weighted by Crippen LogP contribution is 2.34. The number of nitrogens with zero attached hydrogens (tertiary/aromatic N) is 2. The predicted molar refractivity (Wildman–Crippen MR) is 76.0 cm³/mol. The van der Waals surface area contributed by atoms with Gasteiger partial charge in [-0.25, -0.2) is 0 Å². The first-order valence-electron chi connectivity index (χ1n) is 6.14. The number of aliphatic carboxylic acids is 1. The molecular formula is C14H15BrN2O2. The van der Waals surface area contributed by atoms with Crippen LogP contribution in [0.5, 0.6) is 0 Å². The van der Waals surface area contributed by atoms with E-state index in [2.05, 4.69) is 26.9 Å². The summed E-state index contributed by atoms with van der Waals surface area (Å²) in [7, 11) is 0. The minimum atomic E-state index is -1.21. The van der Waals surface area contributed by atoms with E-state index < -0.39 is 11.4 Å². The van der Waals surface area contributed by atoms with Gasteiger partial charge in [-0.2, -0.15) is 5.26 Å². The lowest BCUT2D eigenvalue weighted by Crippen LogP contribution is -2.43. The fraction of sp³-hybridized carbons (Fsp3) is 0.429. The Morgan fingerprint density at radius 3 is 2.58 bits per heavy atom. The van der Waals surface area contributed by atoms with Gasteiger partial charge in [0.2, 0.25) is 0 Å². The highest BCUT2D eigenvalue weighted by molar-refractivity contribution is 9.10. The summed E-state index contributed by atoms with van der Waals surface area (Å²) in [6, 6.07) is 8.05. The van der Waals surface area contributed by atoms with Crippen molar-refractivity contribution < 1.29 is 9.90 Å². The van der Waals surface area contributed by atoms with Gasteiger partial charge in [0.15, 0.2) is 5.41 Å². The summed E-state index contributed by atoms with van der Waals surface area (Å²) in [5.41, 5.74) is 1.02. The Balaban J connectivity index is 2.14. The second-order valence-electron chi connectivity index (χ2n) is 4.92. The van der Waals surface area contributed by atoms with Crippen LogP contribution in [0.25, 0.3) is 0 Å². The van der Waals surface area contributed by atoms with Gasteiger partial charge in [-0.15, -0.1) is 0 Å². The van der Waals surface area contributed by atoms with Gasteiger partial charge in [-0.05, 0) is 43.5 Å². The molecule has 0 spiro atoms. The molecule has 100 valence electrons. The third-order valence-electron chi connectivity index (χ3n) is 3.75. The molecule has 1 aliphatic rings. The maximum atomic E-state index is 11.2. The fourth-order valence-electron chi connectivity index (χ4n) is 2.35. The zero-order valence-electron chi connectivity index (χ0n) is 10.7. The van der Waals surface area contributed by atoms with Gasteiger partial charge < -0.3 is 10.0 Å². The Hall–Kier alpha value is -1.54. The molecule has 0 aromatic heterocycles. The molecule has 2 rings (SSSR count). The number of carboxylic acid groups (broad SMARTS) is 1. The van der Waals surface area contributed by atoms with Gasteiger partial charge in [0.05, 0.1) is 6.07 Å². The van der Waals surface area contributed by atoms with Crippen molar-refractivity contribution in [1.29, 1.82) is 5.26 Å². The first kappa shape index (κ1) is 13.9. The minimum Gasteiger partial charge on any atom is -0.480 e. The first-order chi connectivity index (χ1) is 8.98. The van der Waals surface area contributed by atoms with Crippen LogP contribution in [0.15, 0.2) is 22.7 Å². The van der Waals surface area contributed by atoms with Crippen LogP contribution in [0.2, 0.25) is 0 Å². The number of carbonyl (C=O) groups is 1. The Morgan fingerprint density at radius 1 is 1.47 bits per heavy atom. The number of piperidine rings is 1. The molecule has 4 nitrogen and oxygen atoms in total. The smallest absolute Gasteiger partial charge is 0.324 e. The Bertz CT molecular complexity index is 543. The average molecular weight is 323 g/mol. The third-order valence-corrected chi connectivity index (χ3v) is 4.64. The maximum absolute atomic E-state index is 11.2. The van der Waals surface area contributed by atoms with Gasteiger partial charge in [0, 0.05) is 23.2 Å². The van der Waals surface area contributed by atoms with E-state index in [0.29, 0.717) is 25.9 Å². The van der Waals surface area contributed by atoms with E-state index in [4.69, 9.17) is 5.26 Å². The molecule has 0 atom stereocenters. The summed E-state index contributed by atoms with van der Waals surface area (Å²) in [6.07, 6.45) is 0.738. The van der Waals surface area contributed by atoms with Crippen molar-refractivity contribution in [2.24, 2.45) is 5.41 Å². The maximum Gasteiger partial charge on any atom is 0.324 e. The normalized spacial score (nSPS) is 17.8. The predicted octanol–water partition coefficient (Wildman–Crippen LogP) is 2.95. The minimum absolute atomic E-state index is 0.369. The standard InChI is InChI=1S/C14H15BrN2O2/c1-10-8-11(2-3-12(10)15)17-6-4-14(9-16,5-7-17)13(18)19/h2-3,8H,4-7H2,1H3,(H,18,19). The van der Waals surface area contributed by atoms with Crippen molar-refractivity contribution in [3.8, 4) is 6.07 Å². The molecule has 1 N–H and O–H groups in total. The summed E-state index contributed by atoms with van der Waals surface area (Å²) in [4.78, 5) is 13.3. The van der Waals surface area contributed by atoms with Crippen LogP contribution in [0, 0.1) is 23.7 Å². The Morgan fingerprint density at radius 2 is 2.11 bits per heavy atom. The highest BCUT2D eigenvalue weighted by Gasteiger charge is 2.42. The molecule has 0 unspecified atom stereocenters. The van der Waals surface area contributed by atoms with Crippen molar-refractivity contribution in [1.82, 2.24) is 0 Å². The van der Waals surface area contributed by atoms with E-state index >= 15 is 0 Å². The van der Waals surface area contributed by atoms with Gasteiger partial charge in [0.1, 0.15) is 0 Å². The number of benzene rings is 1. The SMILES string of the molecule is Cc1cc(N2CCC(C#N)(C(=O)O)CC2)ccc1Br. The largest absolute Gasteiger partial charge is 0.480 e. The number of aryl methyl sites for hydroxylation is 1. The van der Waals surface area contributed by atoms with Crippen LogP contribution < -0.4 is 4.90 Å². The molecule has 1 heterocycles. The van der Waals surface area contributed by atoms with E-state index in [1.807, 2.05) is 25.1 Å². The number of hydrogen-bond donors (Lipinski definition) is 1. The van der Waals surface area contributed by atoms with Crippen molar-refractivity contribution in [3.63, 3.8) is 0 Å². The summed E-state index contributed by atoms with van der Waals surface area (Å²) in [5, 5.41) is 18.3. The monoisotopic (exact) mass is 322 g/mol. The average Bonchev–Trinajstić information content (AvgIpc) is 2.42. The third kappa shape index (κ3) is 2.59. The molecule has 0 aliphatic carbocycles. The molecular weight excluding hydrogens is 308 g/mol. The van der Waals surface area contributed by atoms with E-state index in [1.165, 1.54) is 0 Å². The Labute approximate surface area is 120 Å². The molecule has 1 aromatic rings. The zero-order valence-corrected chi connectivity index (χ0v) is 12.3. The zero-order chi connectivity index (χ0) is 14.0. The quantitative estimate of drug-likeness (QED) is 0.909. The van der Waals surface area contributed by atoms with E-state index in [1.54, 1.807) is 0 Å². The van der Waals surface area contributed by atoms with Crippen LogP contribution in [-0.2, 0) is 4.79 Å². The summed E-state index contributed by atoms with van der Waals surface area (Å²) in [6.45, 7) is 3.22. The van der Waals surface area contributed by atoms with Crippen LogP contribution in [0.3, 0.4) is 0 Å². The number of carboxylic acids is 1. The van der Waals surface area contributed by atoms with Crippen LogP contribution in [-0.4, -0.2) is 24.2 Å². The second-order valence-corrected chi connectivity index (χ2v) is 5.77. The lowest BCUT2D eigenvalue weighted by molar-refractivity contribution is -0.146. The molecule has 0 radical (unpaired) electrons. The van der Waals surface area contributed by atoms with Gasteiger partial charge in [0.25, 0.3) is 0 Å². The summed E-state index contributed by atoms with van der Waals surface area (Å²) >= 11 is 3.46. The van der Waals surface area contributed by atoms with Gasteiger partial charge >= 0.3 is 5.97 Å². The van der Waals surface area contributed by atoms with E-state index in [0.717, 1.165) is 15.7 Å². The van der Waals surface area contributed by atoms with Crippen molar-refractivity contribution in [2.45, 2.75) is 19.8 Å². The number of rotatable bonds is 2. The molecule has 1 saturated heterocycles. The number of anilines is 1. The molecule has 19 heavy (non-hydrogen) atoms. The van der Waals surface area contributed by atoms with Gasteiger partial charge in [-0.1, -0.05) is 15.9 Å². The molecule has 0 amide bonds. The molecule has 1 fully saturated rings. The number of hydrogen-bond acceptors (Lipinski definition) is 3. The first-order valence-corrected chi connectivity index (χ1v) is 6.93. The summed E-state index contributed by atoms with van der Waals surface area (Å²) in [5.74, 6) is -0.998. The lowest BCUT2D eigenvalue weighted by atomic mass is 9.80. The van der Waals surface area contributed by atoms with Crippen molar-refractivity contribution in [3.05, 3.63) is 28.2 Å².